The number of hydrogen-bond donors (Lipinski definition) is 3. The monoisotopic (exact) mass is 260 g/mol. The van der Waals surface area contributed by atoms with E-state index < -0.39 is 0 Å². The first-order chi connectivity index (χ1) is 8.88. The highest BCUT2D eigenvalue weighted by Gasteiger charge is 2.21. The van der Waals surface area contributed by atoms with Crippen LogP contribution in [0.2, 0.25) is 0 Å². The molecule has 5 heteroatoms. The van der Waals surface area contributed by atoms with Gasteiger partial charge >= 0.3 is 0 Å². The van der Waals surface area contributed by atoms with Gasteiger partial charge in [-0.05, 0) is 24.6 Å². The van der Waals surface area contributed by atoms with Crippen molar-refractivity contribution in [3.63, 3.8) is 0 Å². The highest BCUT2D eigenvalue weighted by atomic mass is 16.1. The van der Waals surface area contributed by atoms with Crippen molar-refractivity contribution < 1.29 is 4.79 Å². The number of amides is 1. The topological polar surface area (TPSA) is 83.8 Å². The molecule has 0 bridgehead atoms. The van der Waals surface area contributed by atoms with Crippen LogP contribution in [0.3, 0.4) is 0 Å². The van der Waals surface area contributed by atoms with Crippen LogP contribution in [0.4, 0.5) is 0 Å². The lowest BCUT2D eigenvalue weighted by molar-refractivity contribution is -0.117. The molecule has 0 aliphatic rings. The molecule has 0 fully saturated rings. The van der Waals surface area contributed by atoms with E-state index in [1.807, 2.05) is 13.0 Å². The smallest absolute Gasteiger partial charge is 0.231 e. The number of aromatic nitrogens is 2. The molecule has 0 atom stereocenters. The third kappa shape index (κ3) is 3.12. The van der Waals surface area contributed by atoms with Crippen LogP contribution in [0.25, 0.3) is 11.0 Å². The quantitative estimate of drug-likeness (QED) is 0.756. The Morgan fingerprint density at radius 1 is 1.47 bits per heavy atom. The second-order valence-electron chi connectivity index (χ2n) is 5.51. The Balaban J connectivity index is 2.19. The van der Waals surface area contributed by atoms with E-state index in [9.17, 15) is 4.79 Å². The van der Waals surface area contributed by atoms with Crippen molar-refractivity contribution in [2.24, 2.45) is 5.73 Å². The van der Waals surface area contributed by atoms with Crippen LogP contribution in [0.1, 0.15) is 25.2 Å². The summed E-state index contributed by atoms with van der Waals surface area (Å²) in [4.78, 5) is 18.4. The molecule has 2 rings (SSSR count). The lowest BCUT2D eigenvalue weighted by Gasteiger charge is -2.25. The van der Waals surface area contributed by atoms with Crippen molar-refractivity contribution in [2.75, 3.05) is 13.1 Å². The Kier molecular flexibility index (Phi) is 3.57. The fraction of sp³-hybridized carbons (Fsp3) is 0.429. The first-order valence-electron chi connectivity index (χ1n) is 6.34. The Morgan fingerprint density at radius 2 is 2.21 bits per heavy atom. The molecule has 1 aromatic carbocycles. The highest BCUT2D eigenvalue weighted by Crippen LogP contribution is 2.25. The number of benzene rings is 1. The zero-order valence-electron chi connectivity index (χ0n) is 11.6. The lowest BCUT2D eigenvalue weighted by atomic mass is 9.84. The minimum absolute atomic E-state index is 0.0807. The summed E-state index contributed by atoms with van der Waals surface area (Å²) in [6, 6.07) is 6.21. The van der Waals surface area contributed by atoms with Crippen molar-refractivity contribution in [1.29, 1.82) is 0 Å². The second-order valence-corrected chi connectivity index (χ2v) is 5.51. The second kappa shape index (κ2) is 5.01. The number of nitrogens with two attached hydrogens (primary N) is 1. The predicted molar refractivity (Wildman–Crippen MR) is 75.9 cm³/mol. The van der Waals surface area contributed by atoms with Crippen LogP contribution in [0.15, 0.2) is 18.2 Å². The van der Waals surface area contributed by atoms with E-state index >= 15 is 0 Å². The van der Waals surface area contributed by atoms with Crippen LogP contribution in [0, 0.1) is 6.92 Å². The summed E-state index contributed by atoms with van der Waals surface area (Å²) in [5.41, 5.74) is 8.25. The normalized spacial score (nSPS) is 11.9. The number of rotatable bonds is 5. The molecule has 1 aromatic heterocycles. The maximum atomic E-state index is 10.7. The number of aryl methyl sites for hydroxylation is 1. The van der Waals surface area contributed by atoms with Gasteiger partial charge in [-0.3, -0.25) is 4.79 Å². The maximum Gasteiger partial charge on any atom is 0.231 e. The largest absolute Gasteiger partial charge is 0.369 e. The number of carbonyl (C=O) groups excluding carboxylic acids is 1. The number of carbonyl (C=O) groups is 1. The van der Waals surface area contributed by atoms with Crippen LogP contribution < -0.4 is 11.1 Å². The zero-order valence-corrected chi connectivity index (χ0v) is 11.6. The van der Waals surface area contributed by atoms with E-state index in [0.717, 1.165) is 16.9 Å². The number of nitrogens with one attached hydrogen (secondary N) is 2. The van der Waals surface area contributed by atoms with Gasteiger partial charge in [0.05, 0.1) is 17.6 Å². The SMILES string of the molecule is Cc1nc2ccc(C(C)(C)CNCC(N)=O)cc2[nH]1. The number of aromatic amines is 1. The number of H-pyrrole nitrogens is 1. The van der Waals surface area contributed by atoms with Gasteiger partial charge in [0, 0.05) is 12.0 Å². The molecule has 19 heavy (non-hydrogen) atoms. The summed E-state index contributed by atoms with van der Waals surface area (Å²) in [5.74, 6) is 0.576. The van der Waals surface area contributed by atoms with Gasteiger partial charge in [-0.25, -0.2) is 4.98 Å². The molecule has 0 unspecified atom stereocenters. The van der Waals surface area contributed by atoms with E-state index in [-0.39, 0.29) is 17.9 Å². The third-order valence-electron chi connectivity index (χ3n) is 3.25. The van der Waals surface area contributed by atoms with Crippen LogP contribution in [0.5, 0.6) is 0 Å². The Morgan fingerprint density at radius 3 is 2.89 bits per heavy atom. The summed E-state index contributed by atoms with van der Waals surface area (Å²) < 4.78 is 0. The number of hydrogen-bond acceptors (Lipinski definition) is 3. The van der Waals surface area contributed by atoms with Gasteiger partial charge in [-0.15, -0.1) is 0 Å². The maximum absolute atomic E-state index is 10.7. The molecule has 4 N–H and O–H groups in total. The van der Waals surface area contributed by atoms with E-state index in [1.54, 1.807) is 0 Å². The van der Waals surface area contributed by atoms with Gasteiger partial charge in [0.2, 0.25) is 5.91 Å². The van der Waals surface area contributed by atoms with E-state index in [4.69, 9.17) is 5.73 Å². The van der Waals surface area contributed by atoms with Gasteiger partial charge in [0.15, 0.2) is 0 Å². The summed E-state index contributed by atoms with van der Waals surface area (Å²) in [7, 11) is 0. The van der Waals surface area contributed by atoms with Gasteiger partial charge in [0.1, 0.15) is 5.82 Å². The average Bonchev–Trinajstić information content (AvgIpc) is 2.67. The molecule has 0 aliphatic carbocycles. The van der Waals surface area contributed by atoms with Crippen LogP contribution in [-0.4, -0.2) is 29.0 Å². The fourth-order valence-electron chi connectivity index (χ4n) is 2.16. The molecule has 0 spiro atoms. The molecular formula is C14H20N4O. The molecule has 1 heterocycles. The van der Waals surface area contributed by atoms with Gasteiger partial charge < -0.3 is 16.0 Å². The number of primary amides is 1. The van der Waals surface area contributed by atoms with Gasteiger partial charge in [0.25, 0.3) is 0 Å². The van der Waals surface area contributed by atoms with E-state index in [1.165, 1.54) is 5.56 Å². The summed E-state index contributed by atoms with van der Waals surface area (Å²) in [6.45, 7) is 7.10. The number of imidazole rings is 1. The molecule has 0 radical (unpaired) electrons. The first kappa shape index (κ1) is 13.5. The van der Waals surface area contributed by atoms with Crippen molar-refractivity contribution in [3.8, 4) is 0 Å². The van der Waals surface area contributed by atoms with Crippen molar-refractivity contribution in [2.45, 2.75) is 26.2 Å². The Labute approximate surface area is 112 Å². The Bertz CT molecular complexity index is 601. The number of fused-ring (bicyclic) bond motifs is 1. The third-order valence-corrected chi connectivity index (χ3v) is 3.25. The van der Waals surface area contributed by atoms with Crippen molar-refractivity contribution in [3.05, 3.63) is 29.6 Å². The fourth-order valence-corrected chi connectivity index (χ4v) is 2.16. The van der Waals surface area contributed by atoms with Crippen LogP contribution in [-0.2, 0) is 10.2 Å². The minimum Gasteiger partial charge on any atom is -0.369 e. The van der Waals surface area contributed by atoms with E-state index in [0.29, 0.717) is 6.54 Å². The highest BCUT2D eigenvalue weighted by molar-refractivity contribution is 5.76. The zero-order chi connectivity index (χ0) is 14.0. The van der Waals surface area contributed by atoms with E-state index in [2.05, 4.69) is 41.3 Å². The number of nitrogens with zero attached hydrogens (tertiary/aromatic N) is 1. The standard InChI is InChI=1S/C14H20N4O/c1-9-17-11-5-4-10(6-12(11)18-9)14(2,3)8-16-7-13(15)19/h4-6,16H,7-8H2,1-3H3,(H2,15,19)(H,17,18). The van der Waals surface area contributed by atoms with Gasteiger partial charge in [-0.2, -0.15) is 0 Å². The molecule has 102 valence electrons. The Hall–Kier alpha value is -1.88. The predicted octanol–water partition coefficient (Wildman–Crippen LogP) is 1.22. The van der Waals surface area contributed by atoms with Crippen LogP contribution >= 0.6 is 0 Å². The molecule has 5 nitrogen and oxygen atoms in total. The molecule has 0 saturated carbocycles. The minimum atomic E-state index is -0.338. The average molecular weight is 260 g/mol. The summed E-state index contributed by atoms with van der Waals surface area (Å²) in [5, 5.41) is 3.08. The van der Waals surface area contributed by atoms with Crippen molar-refractivity contribution in [1.82, 2.24) is 15.3 Å². The molecule has 2 aromatic rings. The molecular weight excluding hydrogens is 240 g/mol. The lowest BCUT2D eigenvalue weighted by Crippen LogP contribution is -2.37. The molecule has 0 aliphatic heterocycles. The molecule has 1 amide bonds. The summed E-state index contributed by atoms with van der Waals surface area (Å²) >= 11 is 0. The van der Waals surface area contributed by atoms with Gasteiger partial charge in [-0.1, -0.05) is 19.9 Å². The first-order valence-corrected chi connectivity index (χ1v) is 6.34. The molecule has 0 saturated heterocycles. The summed E-state index contributed by atoms with van der Waals surface area (Å²) in [6.07, 6.45) is 0. The van der Waals surface area contributed by atoms with Crippen molar-refractivity contribution >= 4 is 16.9 Å².